The summed E-state index contributed by atoms with van der Waals surface area (Å²) in [5.41, 5.74) is 0.799. The Morgan fingerprint density at radius 2 is 1.90 bits per heavy atom. The maximum atomic E-state index is 13.2. The van der Waals surface area contributed by atoms with Gasteiger partial charge in [-0.25, -0.2) is 17.8 Å². The molecule has 6 nitrogen and oxygen atoms in total. The van der Waals surface area contributed by atoms with Gasteiger partial charge in [0.05, 0.1) is 18.1 Å². The van der Waals surface area contributed by atoms with Gasteiger partial charge in [0.2, 0.25) is 0 Å². The average Bonchev–Trinajstić information content (AvgIpc) is 2.69. The number of benzene rings is 2. The van der Waals surface area contributed by atoms with Crippen LogP contribution in [0.1, 0.15) is 25.8 Å². The SMILES string of the molecule is CCNC(=NCC(C)Oc1cccc(F)c1)NCCCS(=O)(=O)Cc1ccccc1. The first-order valence-electron chi connectivity index (χ1n) is 10.1. The minimum absolute atomic E-state index is 0.0525. The second kappa shape index (κ2) is 12.2. The summed E-state index contributed by atoms with van der Waals surface area (Å²) in [6.07, 6.45) is 0.239. The predicted molar refractivity (Wildman–Crippen MR) is 119 cm³/mol. The zero-order chi connectivity index (χ0) is 21.8. The van der Waals surface area contributed by atoms with Crippen LogP contribution in [0.5, 0.6) is 5.75 Å². The van der Waals surface area contributed by atoms with Crippen molar-refractivity contribution in [3.8, 4) is 5.75 Å². The molecule has 1 atom stereocenters. The molecule has 0 aliphatic rings. The Labute approximate surface area is 178 Å². The van der Waals surface area contributed by atoms with Crippen LogP contribution in [0.4, 0.5) is 4.39 Å². The van der Waals surface area contributed by atoms with Gasteiger partial charge in [-0.15, -0.1) is 0 Å². The molecule has 0 aliphatic carbocycles. The Morgan fingerprint density at radius 3 is 2.60 bits per heavy atom. The highest BCUT2D eigenvalue weighted by Gasteiger charge is 2.12. The van der Waals surface area contributed by atoms with Crippen molar-refractivity contribution >= 4 is 15.8 Å². The molecule has 0 amide bonds. The number of nitrogens with zero attached hydrogens (tertiary/aromatic N) is 1. The first-order chi connectivity index (χ1) is 14.4. The number of halogens is 1. The van der Waals surface area contributed by atoms with Crippen molar-refractivity contribution in [2.75, 3.05) is 25.4 Å². The van der Waals surface area contributed by atoms with E-state index in [4.69, 9.17) is 4.74 Å². The minimum Gasteiger partial charge on any atom is -0.489 e. The van der Waals surface area contributed by atoms with Crippen molar-refractivity contribution in [1.29, 1.82) is 0 Å². The highest BCUT2D eigenvalue weighted by atomic mass is 32.2. The van der Waals surface area contributed by atoms with Gasteiger partial charge in [0.1, 0.15) is 17.7 Å². The van der Waals surface area contributed by atoms with Crippen molar-refractivity contribution in [3.63, 3.8) is 0 Å². The molecular formula is C22H30FN3O3S. The van der Waals surface area contributed by atoms with E-state index < -0.39 is 9.84 Å². The van der Waals surface area contributed by atoms with Crippen LogP contribution in [-0.4, -0.2) is 45.9 Å². The molecule has 2 aromatic rings. The van der Waals surface area contributed by atoms with Crippen LogP contribution >= 0.6 is 0 Å². The molecule has 2 N–H and O–H groups in total. The number of rotatable bonds is 11. The van der Waals surface area contributed by atoms with Gasteiger partial charge in [0.15, 0.2) is 15.8 Å². The third-order valence-electron chi connectivity index (χ3n) is 4.14. The van der Waals surface area contributed by atoms with Crippen molar-refractivity contribution in [1.82, 2.24) is 10.6 Å². The van der Waals surface area contributed by atoms with Gasteiger partial charge in [-0.1, -0.05) is 36.4 Å². The van der Waals surface area contributed by atoms with Crippen molar-refractivity contribution < 1.29 is 17.5 Å². The quantitative estimate of drug-likeness (QED) is 0.322. The molecule has 0 spiro atoms. The largest absolute Gasteiger partial charge is 0.489 e. The highest BCUT2D eigenvalue weighted by molar-refractivity contribution is 7.90. The van der Waals surface area contributed by atoms with Gasteiger partial charge < -0.3 is 15.4 Å². The summed E-state index contributed by atoms with van der Waals surface area (Å²) in [6.45, 7) is 5.34. The maximum Gasteiger partial charge on any atom is 0.191 e. The second-order valence-electron chi connectivity index (χ2n) is 6.96. The van der Waals surface area contributed by atoms with Gasteiger partial charge in [0.25, 0.3) is 0 Å². The van der Waals surface area contributed by atoms with E-state index in [-0.39, 0.29) is 23.4 Å². The summed E-state index contributed by atoms with van der Waals surface area (Å²) >= 11 is 0. The number of sulfone groups is 1. The third-order valence-corrected chi connectivity index (χ3v) is 5.82. The van der Waals surface area contributed by atoms with Crippen LogP contribution in [0, 0.1) is 5.82 Å². The smallest absolute Gasteiger partial charge is 0.191 e. The molecule has 0 saturated heterocycles. The molecule has 2 aromatic carbocycles. The fraction of sp³-hybridized carbons (Fsp3) is 0.409. The second-order valence-corrected chi connectivity index (χ2v) is 9.15. The molecule has 0 heterocycles. The lowest BCUT2D eigenvalue weighted by molar-refractivity contribution is 0.229. The Bertz CT molecular complexity index is 905. The number of hydrogen-bond donors (Lipinski definition) is 2. The zero-order valence-electron chi connectivity index (χ0n) is 17.5. The lowest BCUT2D eigenvalue weighted by atomic mass is 10.2. The fourth-order valence-corrected chi connectivity index (χ4v) is 4.20. The molecule has 30 heavy (non-hydrogen) atoms. The van der Waals surface area contributed by atoms with Gasteiger partial charge in [-0.3, -0.25) is 0 Å². The molecule has 1 unspecified atom stereocenters. The van der Waals surface area contributed by atoms with Crippen LogP contribution < -0.4 is 15.4 Å². The highest BCUT2D eigenvalue weighted by Crippen LogP contribution is 2.13. The van der Waals surface area contributed by atoms with Gasteiger partial charge >= 0.3 is 0 Å². The monoisotopic (exact) mass is 435 g/mol. The number of aliphatic imine (C=N–C) groups is 1. The fourth-order valence-electron chi connectivity index (χ4n) is 2.77. The molecule has 0 aromatic heterocycles. The van der Waals surface area contributed by atoms with E-state index in [0.717, 1.165) is 5.56 Å². The van der Waals surface area contributed by atoms with Crippen LogP contribution in [0.3, 0.4) is 0 Å². The molecule has 2 rings (SSSR count). The van der Waals surface area contributed by atoms with E-state index in [0.29, 0.717) is 37.8 Å². The average molecular weight is 436 g/mol. The molecule has 0 fully saturated rings. The van der Waals surface area contributed by atoms with Crippen molar-refractivity contribution in [2.45, 2.75) is 32.1 Å². The molecule has 0 saturated carbocycles. The summed E-state index contributed by atoms with van der Waals surface area (Å²) < 4.78 is 43.4. The van der Waals surface area contributed by atoms with E-state index in [1.165, 1.54) is 12.1 Å². The van der Waals surface area contributed by atoms with E-state index in [1.807, 2.05) is 44.2 Å². The molecule has 0 bridgehead atoms. The zero-order valence-corrected chi connectivity index (χ0v) is 18.3. The van der Waals surface area contributed by atoms with E-state index in [2.05, 4.69) is 15.6 Å². The summed E-state index contributed by atoms with van der Waals surface area (Å²) in [5, 5.41) is 6.27. The van der Waals surface area contributed by atoms with Crippen LogP contribution in [-0.2, 0) is 15.6 Å². The first-order valence-corrected chi connectivity index (χ1v) is 11.9. The molecule has 0 radical (unpaired) electrons. The van der Waals surface area contributed by atoms with E-state index in [1.54, 1.807) is 12.1 Å². The van der Waals surface area contributed by atoms with E-state index >= 15 is 0 Å². The Hall–Kier alpha value is -2.61. The maximum absolute atomic E-state index is 13.2. The van der Waals surface area contributed by atoms with Crippen LogP contribution in [0.2, 0.25) is 0 Å². The summed E-state index contributed by atoms with van der Waals surface area (Å²) in [6, 6.07) is 15.2. The molecular weight excluding hydrogens is 405 g/mol. The molecule has 8 heteroatoms. The van der Waals surface area contributed by atoms with Gasteiger partial charge in [-0.2, -0.15) is 0 Å². The van der Waals surface area contributed by atoms with Crippen molar-refractivity contribution in [3.05, 3.63) is 66.0 Å². The number of hydrogen-bond acceptors (Lipinski definition) is 4. The summed E-state index contributed by atoms with van der Waals surface area (Å²) in [5.74, 6) is 0.858. The predicted octanol–water partition coefficient (Wildman–Crippen LogP) is 3.15. The van der Waals surface area contributed by atoms with Gasteiger partial charge in [0, 0.05) is 19.2 Å². The lowest BCUT2D eigenvalue weighted by Gasteiger charge is -2.15. The summed E-state index contributed by atoms with van der Waals surface area (Å²) in [7, 11) is -3.16. The van der Waals surface area contributed by atoms with Crippen LogP contribution in [0.25, 0.3) is 0 Å². The Morgan fingerprint density at radius 1 is 1.13 bits per heavy atom. The third kappa shape index (κ3) is 9.26. The summed E-state index contributed by atoms with van der Waals surface area (Å²) in [4.78, 5) is 4.46. The lowest BCUT2D eigenvalue weighted by Crippen LogP contribution is -2.39. The standard InChI is InChI=1S/C22H30FN3O3S/c1-3-24-22(26-16-18(2)29-21-12-7-11-20(23)15-21)25-13-8-14-30(27,28)17-19-9-5-4-6-10-19/h4-7,9-12,15,18H,3,8,13-14,16-17H2,1-2H3,(H2,24,25,26). The first kappa shape index (κ1) is 23.7. The topological polar surface area (TPSA) is 79.8 Å². The molecule has 0 aliphatic heterocycles. The number of guanidine groups is 1. The Balaban J connectivity index is 1.77. The van der Waals surface area contributed by atoms with E-state index in [9.17, 15) is 12.8 Å². The normalized spacial score (nSPS) is 13.0. The van der Waals surface area contributed by atoms with Crippen molar-refractivity contribution in [2.24, 2.45) is 4.99 Å². The number of nitrogens with one attached hydrogen (secondary N) is 2. The Kier molecular flexibility index (Phi) is 9.60. The number of ether oxygens (including phenoxy) is 1. The van der Waals surface area contributed by atoms with Gasteiger partial charge in [-0.05, 0) is 38.0 Å². The molecule has 164 valence electrons. The minimum atomic E-state index is -3.16. The van der Waals surface area contributed by atoms with Crippen LogP contribution in [0.15, 0.2) is 59.6 Å².